The summed E-state index contributed by atoms with van der Waals surface area (Å²) in [5.41, 5.74) is 0.221. The van der Waals surface area contributed by atoms with Crippen molar-refractivity contribution in [3.8, 4) is 0 Å². The Balaban J connectivity index is 2.29. The molecule has 1 atom stereocenters. The fourth-order valence-electron chi connectivity index (χ4n) is 2.04. The number of benzene rings is 1. The Labute approximate surface area is 98.4 Å². The average Bonchev–Trinajstić information content (AvgIpc) is 2.30. The van der Waals surface area contributed by atoms with Gasteiger partial charge in [-0.3, -0.25) is 10.1 Å². The maximum absolute atomic E-state index is 13.8. The number of nitro groups is 1. The molecule has 1 fully saturated rings. The molecule has 0 radical (unpaired) electrons. The highest BCUT2D eigenvalue weighted by molar-refractivity contribution is 5.53. The van der Waals surface area contributed by atoms with E-state index in [0.29, 0.717) is 12.2 Å². The molecule has 1 aliphatic heterocycles. The Morgan fingerprint density at radius 3 is 2.94 bits per heavy atom. The molecular weight excluding hydrogens is 225 g/mol. The lowest BCUT2D eigenvalue weighted by molar-refractivity contribution is -0.385. The Bertz CT molecular complexity index is 439. The molecule has 17 heavy (non-hydrogen) atoms. The molecule has 1 aliphatic rings. The standard InChI is InChI=1S/C11H14FN3O2/c1-8-7-13-4-5-14(8)11-3-2-9(15(16)17)6-10(11)12/h2-3,6,8,13H,4-5,7H2,1H3/t8-/m0/s1. The number of hydrogen-bond acceptors (Lipinski definition) is 4. The summed E-state index contributed by atoms with van der Waals surface area (Å²) < 4.78 is 13.8. The van der Waals surface area contributed by atoms with E-state index in [1.165, 1.54) is 12.1 Å². The van der Waals surface area contributed by atoms with Crippen LogP contribution in [0.1, 0.15) is 6.92 Å². The van der Waals surface area contributed by atoms with Crippen molar-refractivity contribution < 1.29 is 9.31 Å². The lowest BCUT2D eigenvalue weighted by Gasteiger charge is -2.35. The molecular formula is C11H14FN3O2. The van der Waals surface area contributed by atoms with Crippen molar-refractivity contribution in [1.29, 1.82) is 0 Å². The van der Waals surface area contributed by atoms with Crippen molar-refractivity contribution in [3.63, 3.8) is 0 Å². The zero-order chi connectivity index (χ0) is 12.4. The second kappa shape index (κ2) is 4.67. The molecule has 6 heteroatoms. The summed E-state index contributed by atoms with van der Waals surface area (Å²) in [6.07, 6.45) is 0. The van der Waals surface area contributed by atoms with Gasteiger partial charge in [-0.25, -0.2) is 4.39 Å². The van der Waals surface area contributed by atoms with E-state index in [-0.39, 0.29) is 11.7 Å². The summed E-state index contributed by atoms with van der Waals surface area (Å²) >= 11 is 0. The maximum atomic E-state index is 13.8. The molecule has 92 valence electrons. The minimum atomic E-state index is -0.589. The lowest BCUT2D eigenvalue weighted by atomic mass is 10.1. The third kappa shape index (κ3) is 2.36. The summed E-state index contributed by atoms with van der Waals surface area (Å²) in [6.45, 7) is 4.28. The number of nitro benzene ring substituents is 1. The van der Waals surface area contributed by atoms with E-state index < -0.39 is 10.7 Å². The Kier molecular flexibility index (Phi) is 3.23. The molecule has 5 nitrogen and oxygen atoms in total. The third-order valence-corrected chi connectivity index (χ3v) is 2.95. The van der Waals surface area contributed by atoms with Crippen LogP contribution in [0.15, 0.2) is 18.2 Å². The average molecular weight is 239 g/mol. The van der Waals surface area contributed by atoms with E-state index >= 15 is 0 Å². The molecule has 0 saturated carbocycles. The van der Waals surface area contributed by atoms with Gasteiger partial charge in [0.05, 0.1) is 16.7 Å². The molecule has 2 rings (SSSR count). The predicted octanol–water partition coefficient (Wildman–Crippen LogP) is 1.53. The van der Waals surface area contributed by atoms with Gasteiger partial charge >= 0.3 is 0 Å². The molecule has 0 aliphatic carbocycles. The number of rotatable bonds is 2. The zero-order valence-electron chi connectivity index (χ0n) is 9.52. The van der Waals surface area contributed by atoms with Crippen molar-refractivity contribution in [2.24, 2.45) is 0 Å². The molecule has 1 aromatic carbocycles. The van der Waals surface area contributed by atoms with E-state index in [2.05, 4.69) is 5.32 Å². The Morgan fingerprint density at radius 1 is 1.59 bits per heavy atom. The van der Waals surface area contributed by atoms with Crippen LogP contribution in [0.3, 0.4) is 0 Å². The molecule has 0 unspecified atom stereocenters. The molecule has 1 saturated heterocycles. The van der Waals surface area contributed by atoms with Gasteiger partial charge in [0.2, 0.25) is 0 Å². The van der Waals surface area contributed by atoms with Crippen LogP contribution in [0.2, 0.25) is 0 Å². The number of nitrogens with zero attached hydrogens (tertiary/aromatic N) is 2. The van der Waals surface area contributed by atoms with Crippen LogP contribution in [-0.2, 0) is 0 Å². The van der Waals surface area contributed by atoms with Crippen LogP contribution in [0.5, 0.6) is 0 Å². The first-order valence-electron chi connectivity index (χ1n) is 5.51. The normalized spacial score (nSPS) is 20.4. The van der Waals surface area contributed by atoms with Crippen LogP contribution in [-0.4, -0.2) is 30.6 Å². The molecule has 1 heterocycles. The number of halogens is 1. The summed E-state index contributed by atoms with van der Waals surface area (Å²) in [6, 6.07) is 3.98. The number of anilines is 1. The molecule has 0 spiro atoms. The monoisotopic (exact) mass is 239 g/mol. The SMILES string of the molecule is C[C@H]1CNCCN1c1ccc([N+](=O)[O-])cc1F. The van der Waals surface area contributed by atoms with Crippen molar-refractivity contribution in [2.45, 2.75) is 13.0 Å². The highest BCUT2D eigenvalue weighted by Crippen LogP contribution is 2.25. The second-order valence-corrected chi connectivity index (χ2v) is 4.14. The summed E-state index contributed by atoms with van der Waals surface area (Å²) in [5.74, 6) is -0.534. The fourth-order valence-corrected chi connectivity index (χ4v) is 2.04. The van der Waals surface area contributed by atoms with Gasteiger partial charge in [0.25, 0.3) is 5.69 Å². The van der Waals surface area contributed by atoms with E-state index in [4.69, 9.17) is 0 Å². The number of hydrogen-bond donors (Lipinski definition) is 1. The Morgan fingerprint density at radius 2 is 2.35 bits per heavy atom. The summed E-state index contributed by atoms with van der Waals surface area (Å²) in [4.78, 5) is 11.9. The van der Waals surface area contributed by atoms with Gasteiger partial charge in [-0.15, -0.1) is 0 Å². The maximum Gasteiger partial charge on any atom is 0.272 e. The predicted molar refractivity (Wildman–Crippen MR) is 62.7 cm³/mol. The van der Waals surface area contributed by atoms with Crippen LogP contribution >= 0.6 is 0 Å². The van der Waals surface area contributed by atoms with Crippen LogP contribution < -0.4 is 10.2 Å². The number of non-ortho nitro benzene ring substituents is 1. The second-order valence-electron chi connectivity index (χ2n) is 4.14. The molecule has 0 aromatic heterocycles. The first-order valence-corrected chi connectivity index (χ1v) is 5.51. The lowest BCUT2D eigenvalue weighted by Crippen LogP contribution is -2.50. The number of nitrogens with one attached hydrogen (secondary N) is 1. The first-order chi connectivity index (χ1) is 8.09. The smallest absolute Gasteiger partial charge is 0.272 e. The molecule has 0 bridgehead atoms. The van der Waals surface area contributed by atoms with Crippen LogP contribution in [0.4, 0.5) is 15.8 Å². The van der Waals surface area contributed by atoms with Gasteiger partial charge < -0.3 is 10.2 Å². The molecule has 1 N–H and O–H groups in total. The van der Waals surface area contributed by atoms with Crippen molar-refractivity contribution in [1.82, 2.24) is 5.32 Å². The Hall–Kier alpha value is -1.69. The third-order valence-electron chi connectivity index (χ3n) is 2.95. The minimum Gasteiger partial charge on any atom is -0.364 e. The van der Waals surface area contributed by atoms with Crippen molar-refractivity contribution >= 4 is 11.4 Å². The zero-order valence-corrected chi connectivity index (χ0v) is 9.52. The van der Waals surface area contributed by atoms with Crippen LogP contribution in [0, 0.1) is 15.9 Å². The fraction of sp³-hybridized carbons (Fsp3) is 0.455. The molecule has 0 amide bonds. The van der Waals surface area contributed by atoms with Gasteiger partial charge in [-0.1, -0.05) is 0 Å². The quantitative estimate of drug-likeness (QED) is 0.628. The first kappa shape index (κ1) is 11.8. The van der Waals surface area contributed by atoms with E-state index in [1.807, 2.05) is 11.8 Å². The topological polar surface area (TPSA) is 58.4 Å². The van der Waals surface area contributed by atoms with Gasteiger partial charge in [0.15, 0.2) is 5.82 Å². The minimum absolute atomic E-state index is 0.180. The summed E-state index contributed by atoms with van der Waals surface area (Å²) in [5, 5.41) is 13.7. The van der Waals surface area contributed by atoms with Gasteiger partial charge in [-0.05, 0) is 13.0 Å². The van der Waals surface area contributed by atoms with Gasteiger partial charge in [0.1, 0.15) is 0 Å². The molecule has 1 aromatic rings. The van der Waals surface area contributed by atoms with E-state index in [9.17, 15) is 14.5 Å². The van der Waals surface area contributed by atoms with Gasteiger partial charge in [-0.2, -0.15) is 0 Å². The number of piperazine rings is 1. The van der Waals surface area contributed by atoms with E-state index in [0.717, 1.165) is 19.2 Å². The van der Waals surface area contributed by atoms with Gasteiger partial charge in [0, 0.05) is 31.7 Å². The largest absolute Gasteiger partial charge is 0.364 e. The van der Waals surface area contributed by atoms with Crippen LogP contribution in [0.25, 0.3) is 0 Å². The van der Waals surface area contributed by atoms with Crippen molar-refractivity contribution in [3.05, 3.63) is 34.1 Å². The van der Waals surface area contributed by atoms with Crippen molar-refractivity contribution in [2.75, 3.05) is 24.5 Å². The van der Waals surface area contributed by atoms with E-state index in [1.54, 1.807) is 0 Å². The highest BCUT2D eigenvalue weighted by atomic mass is 19.1. The highest BCUT2D eigenvalue weighted by Gasteiger charge is 2.22. The summed E-state index contributed by atoms with van der Waals surface area (Å²) in [7, 11) is 0.